The average Bonchev–Trinajstić information content (AvgIpc) is 3.89. The number of benzene rings is 7. The fourth-order valence-corrected chi connectivity index (χ4v) is 18.8. The Bertz CT molecular complexity index is 3160. The molecule has 0 amide bonds. The third-order valence-electron chi connectivity index (χ3n) is 20.6. The van der Waals surface area contributed by atoms with Crippen molar-refractivity contribution in [2.45, 2.75) is 94.3 Å². The van der Waals surface area contributed by atoms with E-state index in [-0.39, 0.29) is 16.2 Å². The Morgan fingerprint density at radius 2 is 0.818 bits per heavy atom. The van der Waals surface area contributed by atoms with E-state index in [0.717, 1.165) is 35.5 Å². The van der Waals surface area contributed by atoms with Gasteiger partial charge < -0.3 is 4.90 Å². The normalized spacial score (nSPS) is 32.0. The van der Waals surface area contributed by atoms with Crippen LogP contribution in [-0.4, -0.2) is 0 Å². The third kappa shape index (κ3) is 4.55. The Balaban J connectivity index is 0.956. The Kier molecular flexibility index (Phi) is 7.29. The highest BCUT2D eigenvalue weighted by Crippen LogP contribution is 2.72. The lowest BCUT2D eigenvalue weighted by atomic mass is 9.43. The highest BCUT2D eigenvalue weighted by molar-refractivity contribution is 5.98. The molecule has 0 aliphatic heterocycles. The van der Waals surface area contributed by atoms with Crippen LogP contribution < -0.4 is 4.90 Å². The summed E-state index contributed by atoms with van der Waals surface area (Å²) in [6, 6.07) is 60.7. The molecule has 11 aliphatic rings. The lowest BCUT2D eigenvalue weighted by Crippen LogP contribution is -2.55. The maximum atomic E-state index is 2.76. The van der Waals surface area contributed by atoms with Gasteiger partial charge in [-0.25, -0.2) is 0 Å². The number of hydrogen-bond acceptors (Lipinski definition) is 1. The summed E-state index contributed by atoms with van der Waals surface area (Å²) in [6.07, 6.45) is 14.1. The van der Waals surface area contributed by atoms with E-state index in [0.29, 0.717) is 11.8 Å². The Labute approximate surface area is 391 Å². The fraction of sp³-hybridized carbons (Fsp3) is 0.354. The van der Waals surface area contributed by atoms with Crippen LogP contribution in [0.4, 0.5) is 17.1 Å². The minimum absolute atomic E-state index is 0.0517. The molecular weight excluding hydrogens is 795 g/mol. The van der Waals surface area contributed by atoms with Crippen LogP contribution in [0.25, 0.3) is 44.5 Å². The molecule has 2 spiro atoms. The van der Waals surface area contributed by atoms with Crippen molar-refractivity contribution in [1.29, 1.82) is 0 Å². The van der Waals surface area contributed by atoms with Crippen LogP contribution in [0.2, 0.25) is 0 Å². The van der Waals surface area contributed by atoms with Crippen molar-refractivity contribution in [2.24, 2.45) is 47.3 Å². The van der Waals surface area contributed by atoms with Crippen LogP contribution >= 0.6 is 0 Å². The molecule has 1 nitrogen and oxygen atoms in total. The van der Waals surface area contributed by atoms with E-state index in [1.165, 1.54) is 137 Å². The predicted molar refractivity (Wildman–Crippen MR) is 271 cm³/mol. The van der Waals surface area contributed by atoms with Gasteiger partial charge in [-0.1, -0.05) is 129 Å². The van der Waals surface area contributed by atoms with Crippen molar-refractivity contribution in [2.75, 3.05) is 4.90 Å². The van der Waals surface area contributed by atoms with Crippen LogP contribution in [0.15, 0.2) is 152 Å². The van der Waals surface area contributed by atoms with Crippen LogP contribution in [0.3, 0.4) is 0 Å². The van der Waals surface area contributed by atoms with E-state index in [2.05, 4.69) is 170 Å². The maximum Gasteiger partial charge on any atom is 0.0543 e. The summed E-state index contributed by atoms with van der Waals surface area (Å²) in [5.41, 5.74) is 24.9. The fourth-order valence-electron chi connectivity index (χ4n) is 18.8. The summed E-state index contributed by atoms with van der Waals surface area (Å²) in [7, 11) is 0. The number of anilines is 3. The second-order valence-electron chi connectivity index (χ2n) is 23.7. The van der Waals surface area contributed by atoms with E-state index in [1.807, 2.05) is 0 Å². The summed E-state index contributed by atoms with van der Waals surface area (Å²) in [5.74, 6) is 6.46. The van der Waals surface area contributed by atoms with Crippen molar-refractivity contribution in [3.8, 4) is 44.5 Å². The first-order chi connectivity index (χ1) is 32.4. The molecule has 0 saturated heterocycles. The molecule has 0 radical (unpaired) electrons. The van der Waals surface area contributed by atoms with Crippen molar-refractivity contribution in [3.63, 3.8) is 0 Å². The summed E-state index contributed by atoms with van der Waals surface area (Å²) < 4.78 is 0. The van der Waals surface area contributed by atoms with E-state index in [1.54, 1.807) is 22.3 Å². The zero-order valence-electron chi connectivity index (χ0n) is 38.6. The van der Waals surface area contributed by atoms with Crippen LogP contribution in [0.5, 0.6) is 0 Å². The zero-order valence-corrected chi connectivity index (χ0v) is 38.6. The van der Waals surface area contributed by atoms with Crippen molar-refractivity contribution in [1.82, 2.24) is 0 Å². The molecule has 0 heterocycles. The van der Waals surface area contributed by atoms with Crippen LogP contribution in [0, 0.1) is 47.3 Å². The van der Waals surface area contributed by atoms with Crippen molar-refractivity contribution in [3.05, 3.63) is 185 Å². The molecule has 1 heteroatoms. The lowest BCUT2D eigenvalue weighted by Gasteiger charge is -2.61. The molecule has 8 saturated carbocycles. The second-order valence-corrected chi connectivity index (χ2v) is 23.7. The quantitative estimate of drug-likeness (QED) is 0.170. The molecule has 324 valence electrons. The molecule has 0 unspecified atom stereocenters. The van der Waals surface area contributed by atoms with E-state index < -0.39 is 0 Å². The van der Waals surface area contributed by atoms with E-state index >= 15 is 0 Å². The standard InChI is InChI=1S/C65H59N/c1-63(2)55-15-8-6-13-50(55)52-23-20-48(36-58(52)63)66(49-21-24-53-51-14-7-9-16-56(51)64(60(53)37-49)44-27-38-25-39(29-44)30-45(64)28-38)61-18-10-17-57-62(61)54-22-19-43(42-11-4-3-5-12-42)35-59(54)65(57)46-31-40-26-41(33-46)34-47(65)32-40/h3-24,35-41,44-47H,25-34H2,1-2H3. The molecule has 7 aromatic carbocycles. The summed E-state index contributed by atoms with van der Waals surface area (Å²) in [6.45, 7) is 4.90. The van der Waals surface area contributed by atoms with Gasteiger partial charge >= 0.3 is 0 Å². The maximum absolute atomic E-state index is 2.76. The first kappa shape index (κ1) is 37.4. The predicted octanol–water partition coefficient (Wildman–Crippen LogP) is 16.6. The van der Waals surface area contributed by atoms with Gasteiger partial charge in [0.15, 0.2) is 0 Å². The number of nitrogens with zero attached hydrogens (tertiary/aromatic N) is 1. The molecular formula is C65H59N. The van der Waals surface area contributed by atoms with Gasteiger partial charge in [0.1, 0.15) is 0 Å². The lowest BCUT2D eigenvalue weighted by molar-refractivity contribution is -0.0399. The first-order valence-corrected chi connectivity index (χ1v) is 26.0. The minimum Gasteiger partial charge on any atom is -0.310 e. The Morgan fingerprint density at radius 3 is 1.45 bits per heavy atom. The summed E-state index contributed by atoms with van der Waals surface area (Å²) in [5, 5.41) is 0. The highest BCUT2D eigenvalue weighted by Gasteiger charge is 2.63. The molecule has 66 heavy (non-hydrogen) atoms. The monoisotopic (exact) mass is 853 g/mol. The highest BCUT2D eigenvalue weighted by atomic mass is 15.1. The molecule has 8 bridgehead atoms. The zero-order chi connectivity index (χ0) is 43.3. The van der Waals surface area contributed by atoms with Gasteiger partial charge in [-0.3, -0.25) is 0 Å². The minimum atomic E-state index is -0.0961. The number of hydrogen-bond donors (Lipinski definition) is 0. The Morgan fingerprint density at radius 1 is 0.348 bits per heavy atom. The Hall–Kier alpha value is -5.66. The third-order valence-corrected chi connectivity index (χ3v) is 20.6. The molecule has 7 aromatic rings. The average molecular weight is 854 g/mol. The van der Waals surface area contributed by atoms with E-state index in [4.69, 9.17) is 0 Å². The number of rotatable bonds is 4. The van der Waals surface area contributed by atoms with E-state index in [9.17, 15) is 0 Å². The topological polar surface area (TPSA) is 3.24 Å². The van der Waals surface area contributed by atoms with Crippen molar-refractivity contribution >= 4 is 17.1 Å². The first-order valence-electron chi connectivity index (χ1n) is 26.0. The van der Waals surface area contributed by atoms with Gasteiger partial charge in [-0.05, 0) is 220 Å². The van der Waals surface area contributed by atoms with Crippen LogP contribution in [0.1, 0.15) is 111 Å². The van der Waals surface area contributed by atoms with Gasteiger partial charge in [-0.15, -0.1) is 0 Å². The SMILES string of the molecule is CC1(C)c2ccccc2-c2ccc(N(c3ccc4c(c3)C3(c5ccccc5-4)C4CC5CC(C4)CC3C5)c3cccc4c3-c3ccc(-c5ccccc5)cc3C43C4CC5CC(C4)CC3C5)cc21. The summed E-state index contributed by atoms with van der Waals surface area (Å²) >= 11 is 0. The molecule has 0 aromatic heterocycles. The second kappa shape index (κ2) is 12.9. The smallest absolute Gasteiger partial charge is 0.0543 e. The van der Waals surface area contributed by atoms with Crippen molar-refractivity contribution < 1.29 is 0 Å². The number of fused-ring (bicyclic) bond motifs is 9. The van der Waals surface area contributed by atoms with Gasteiger partial charge in [0.25, 0.3) is 0 Å². The van der Waals surface area contributed by atoms with Crippen LogP contribution in [-0.2, 0) is 16.2 Å². The molecule has 18 rings (SSSR count). The molecule has 0 N–H and O–H groups in total. The molecule has 8 fully saturated rings. The summed E-state index contributed by atoms with van der Waals surface area (Å²) in [4.78, 5) is 2.76. The van der Waals surface area contributed by atoms with Gasteiger partial charge in [-0.2, -0.15) is 0 Å². The molecule has 11 aliphatic carbocycles. The van der Waals surface area contributed by atoms with Gasteiger partial charge in [0.05, 0.1) is 5.69 Å². The molecule has 0 atom stereocenters. The van der Waals surface area contributed by atoms with Gasteiger partial charge in [0, 0.05) is 33.2 Å². The van der Waals surface area contributed by atoms with Gasteiger partial charge in [0.2, 0.25) is 0 Å². The largest absolute Gasteiger partial charge is 0.310 e.